The van der Waals surface area contributed by atoms with E-state index in [9.17, 15) is 4.79 Å². The lowest BCUT2D eigenvalue weighted by Crippen LogP contribution is -2.37. The predicted octanol–water partition coefficient (Wildman–Crippen LogP) is 6.70. The van der Waals surface area contributed by atoms with Crippen LogP contribution in [0.2, 0.25) is 0 Å². The summed E-state index contributed by atoms with van der Waals surface area (Å²) in [7, 11) is 0. The summed E-state index contributed by atoms with van der Waals surface area (Å²) < 4.78 is 0. The Hall–Kier alpha value is -4.05. The van der Waals surface area contributed by atoms with Crippen molar-refractivity contribution in [2.75, 3.05) is 16.8 Å². The molecule has 0 aliphatic carbocycles. The fraction of sp³-hybridized carbons (Fsp3) is 0.138. The summed E-state index contributed by atoms with van der Waals surface area (Å²) in [4.78, 5) is 18.7. The minimum Gasteiger partial charge on any atom is -0.377 e. The highest BCUT2D eigenvalue weighted by Crippen LogP contribution is 2.35. The molecule has 1 aliphatic rings. The fourth-order valence-corrected chi connectivity index (χ4v) is 4.93. The van der Waals surface area contributed by atoms with Crippen LogP contribution < -0.4 is 10.2 Å². The first kappa shape index (κ1) is 19.6. The number of nitrogens with one attached hydrogen (secondary N) is 2. The van der Waals surface area contributed by atoms with Gasteiger partial charge in [0.1, 0.15) is 0 Å². The van der Waals surface area contributed by atoms with Gasteiger partial charge in [0.2, 0.25) is 0 Å². The Morgan fingerprint density at radius 3 is 2.58 bits per heavy atom. The van der Waals surface area contributed by atoms with Gasteiger partial charge in [0.05, 0.1) is 11.2 Å². The minimum absolute atomic E-state index is 0.0788. The van der Waals surface area contributed by atoms with Crippen molar-refractivity contribution in [3.63, 3.8) is 0 Å². The van der Waals surface area contributed by atoms with Gasteiger partial charge in [-0.15, -0.1) is 0 Å². The standard InChI is InChI=1S/C29H25N3O/c1-19(20-8-3-2-4-9-20)30-27-13-7-12-24-25-18-22(14-15-26(25)31-28(24)27)32-17-16-21-10-5-6-11-23(21)29(32)33/h2-15,18-19,30-31H,16-17H2,1H3. The lowest BCUT2D eigenvalue weighted by molar-refractivity contribution is 0.0980. The average Bonchev–Trinajstić information content (AvgIpc) is 3.24. The molecule has 4 heteroatoms. The van der Waals surface area contributed by atoms with Crippen LogP contribution >= 0.6 is 0 Å². The van der Waals surface area contributed by atoms with Crippen molar-refractivity contribution in [2.24, 2.45) is 0 Å². The summed E-state index contributed by atoms with van der Waals surface area (Å²) in [5.41, 5.74) is 7.36. The molecular formula is C29H25N3O. The number of para-hydroxylation sites is 1. The van der Waals surface area contributed by atoms with E-state index >= 15 is 0 Å². The zero-order valence-corrected chi connectivity index (χ0v) is 18.5. The van der Waals surface area contributed by atoms with Crippen LogP contribution in [-0.2, 0) is 6.42 Å². The Balaban J connectivity index is 1.38. The molecule has 33 heavy (non-hydrogen) atoms. The third-order valence-corrected chi connectivity index (χ3v) is 6.70. The number of aromatic nitrogens is 1. The molecule has 0 radical (unpaired) electrons. The number of nitrogens with zero attached hydrogens (tertiary/aromatic N) is 1. The van der Waals surface area contributed by atoms with E-state index in [1.807, 2.05) is 35.2 Å². The van der Waals surface area contributed by atoms with E-state index in [1.54, 1.807) is 0 Å². The summed E-state index contributed by atoms with van der Waals surface area (Å²) in [5, 5.41) is 5.95. The Kier molecular flexibility index (Phi) is 4.65. The van der Waals surface area contributed by atoms with Crippen LogP contribution in [0.3, 0.4) is 0 Å². The molecule has 4 nitrogen and oxygen atoms in total. The number of anilines is 2. The zero-order chi connectivity index (χ0) is 22.4. The normalized spacial score (nSPS) is 14.5. The number of carbonyl (C=O) groups excluding carboxylic acids is 1. The molecule has 0 bridgehead atoms. The van der Waals surface area contributed by atoms with Crippen LogP contribution in [0.4, 0.5) is 11.4 Å². The molecular weight excluding hydrogens is 406 g/mol. The van der Waals surface area contributed by atoms with Crippen LogP contribution in [0.5, 0.6) is 0 Å². The number of H-pyrrole nitrogens is 1. The monoisotopic (exact) mass is 431 g/mol. The van der Waals surface area contributed by atoms with E-state index in [0.717, 1.165) is 50.7 Å². The van der Waals surface area contributed by atoms with Crippen molar-refractivity contribution in [1.29, 1.82) is 0 Å². The van der Waals surface area contributed by atoms with Crippen LogP contribution in [0.25, 0.3) is 21.8 Å². The summed E-state index contributed by atoms with van der Waals surface area (Å²) in [5.74, 6) is 0.0788. The molecule has 1 aromatic heterocycles. The Morgan fingerprint density at radius 1 is 0.879 bits per heavy atom. The van der Waals surface area contributed by atoms with E-state index in [0.29, 0.717) is 6.54 Å². The number of benzene rings is 4. The van der Waals surface area contributed by atoms with Gasteiger partial charge in [0, 0.05) is 40.1 Å². The van der Waals surface area contributed by atoms with E-state index < -0.39 is 0 Å². The minimum atomic E-state index is 0.0788. The first-order chi connectivity index (χ1) is 16.2. The van der Waals surface area contributed by atoms with Gasteiger partial charge in [-0.3, -0.25) is 4.79 Å². The second-order valence-corrected chi connectivity index (χ2v) is 8.72. The second kappa shape index (κ2) is 7.82. The Bertz CT molecular complexity index is 1490. The largest absolute Gasteiger partial charge is 0.377 e. The number of fused-ring (bicyclic) bond motifs is 4. The molecule has 1 aliphatic heterocycles. The molecule has 5 aromatic rings. The smallest absolute Gasteiger partial charge is 0.258 e. The third kappa shape index (κ3) is 3.35. The van der Waals surface area contributed by atoms with Gasteiger partial charge in [0.25, 0.3) is 5.91 Å². The number of hydrogen-bond acceptors (Lipinski definition) is 2. The number of carbonyl (C=O) groups is 1. The highest BCUT2D eigenvalue weighted by Gasteiger charge is 2.25. The van der Waals surface area contributed by atoms with Crippen LogP contribution in [0, 0.1) is 0 Å². The molecule has 0 spiro atoms. The van der Waals surface area contributed by atoms with Gasteiger partial charge in [0.15, 0.2) is 0 Å². The van der Waals surface area contributed by atoms with Gasteiger partial charge in [-0.1, -0.05) is 60.7 Å². The third-order valence-electron chi connectivity index (χ3n) is 6.70. The van der Waals surface area contributed by atoms with Crippen LogP contribution in [-0.4, -0.2) is 17.4 Å². The molecule has 0 saturated heterocycles. The van der Waals surface area contributed by atoms with E-state index in [1.165, 1.54) is 5.56 Å². The van der Waals surface area contributed by atoms with E-state index in [-0.39, 0.29) is 11.9 Å². The molecule has 6 rings (SSSR count). The fourth-order valence-electron chi connectivity index (χ4n) is 4.93. The predicted molar refractivity (Wildman–Crippen MR) is 136 cm³/mol. The Morgan fingerprint density at radius 2 is 1.70 bits per heavy atom. The second-order valence-electron chi connectivity index (χ2n) is 8.72. The van der Waals surface area contributed by atoms with Crippen molar-refractivity contribution in [3.05, 3.63) is 108 Å². The molecule has 4 aromatic carbocycles. The number of hydrogen-bond donors (Lipinski definition) is 2. The van der Waals surface area contributed by atoms with E-state index in [4.69, 9.17) is 0 Å². The van der Waals surface area contributed by atoms with Crippen molar-refractivity contribution >= 4 is 39.1 Å². The molecule has 1 unspecified atom stereocenters. The average molecular weight is 432 g/mol. The lowest BCUT2D eigenvalue weighted by atomic mass is 9.98. The maximum atomic E-state index is 13.2. The molecule has 2 N–H and O–H groups in total. The quantitative estimate of drug-likeness (QED) is 0.333. The summed E-state index contributed by atoms with van der Waals surface area (Å²) >= 11 is 0. The van der Waals surface area contributed by atoms with Crippen molar-refractivity contribution in [2.45, 2.75) is 19.4 Å². The molecule has 0 fully saturated rings. The van der Waals surface area contributed by atoms with Crippen molar-refractivity contribution < 1.29 is 4.79 Å². The van der Waals surface area contributed by atoms with Gasteiger partial charge in [-0.2, -0.15) is 0 Å². The lowest BCUT2D eigenvalue weighted by Gasteiger charge is -2.28. The van der Waals surface area contributed by atoms with Gasteiger partial charge < -0.3 is 15.2 Å². The summed E-state index contributed by atoms with van der Waals surface area (Å²) in [6.07, 6.45) is 0.874. The molecule has 1 atom stereocenters. The maximum absolute atomic E-state index is 13.2. The Labute approximate surface area is 192 Å². The summed E-state index contributed by atoms with van der Waals surface area (Å²) in [6.45, 7) is 2.87. The van der Waals surface area contributed by atoms with Gasteiger partial charge >= 0.3 is 0 Å². The van der Waals surface area contributed by atoms with Crippen molar-refractivity contribution in [1.82, 2.24) is 4.98 Å². The summed E-state index contributed by atoms with van der Waals surface area (Å²) in [6, 6.07) is 31.2. The molecule has 2 heterocycles. The highest BCUT2D eigenvalue weighted by molar-refractivity contribution is 6.14. The van der Waals surface area contributed by atoms with Gasteiger partial charge in [-0.25, -0.2) is 0 Å². The molecule has 162 valence electrons. The number of rotatable bonds is 4. The van der Waals surface area contributed by atoms with Crippen LogP contribution in [0.1, 0.15) is 34.5 Å². The van der Waals surface area contributed by atoms with Gasteiger partial charge in [-0.05, 0) is 54.8 Å². The number of amides is 1. The SMILES string of the molecule is CC(Nc1cccc2c1[nH]c1ccc(N3CCc4ccccc4C3=O)cc12)c1ccccc1. The first-order valence-electron chi connectivity index (χ1n) is 11.4. The highest BCUT2D eigenvalue weighted by atomic mass is 16.2. The first-order valence-corrected chi connectivity index (χ1v) is 11.4. The topological polar surface area (TPSA) is 48.1 Å². The van der Waals surface area contributed by atoms with Crippen LogP contribution in [0.15, 0.2) is 91.0 Å². The maximum Gasteiger partial charge on any atom is 0.258 e. The van der Waals surface area contributed by atoms with E-state index in [2.05, 4.69) is 77.9 Å². The molecule has 0 saturated carbocycles. The number of aromatic amines is 1. The van der Waals surface area contributed by atoms with Crippen molar-refractivity contribution in [3.8, 4) is 0 Å². The zero-order valence-electron chi connectivity index (χ0n) is 18.5. The molecule has 1 amide bonds.